The summed E-state index contributed by atoms with van der Waals surface area (Å²) in [4.78, 5) is 22.8. The number of ether oxygens (including phenoxy) is 1. The van der Waals surface area contributed by atoms with Crippen LogP contribution in [-0.2, 0) is 4.79 Å². The van der Waals surface area contributed by atoms with Crippen LogP contribution in [-0.4, -0.2) is 5.97 Å². The van der Waals surface area contributed by atoms with E-state index in [0.29, 0.717) is 16.6 Å². The number of furan rings is 1. The van der Waals surface area contributed by atoms with Crippen molar-refractivity contribution in [1.29, 1.82) is 0 Å². The summed E-state index contributed by atoms with van der Waals surface area (Å²) in [5, 5.41) is 1.23. The molecule has 0 aliphatic rings. The number of rotatable bonds is 1. The fraction of sp³-hybridized carbons (Fsp3) is 0.143. The summed E-state index contributed by atoms with van der Waals surface area (Å²) in [5.74, 6) is -0.271. The van der Waals surface area contributed by atoms with Crippen LogP contribution < -0.4 is 10.4 Å². The van der Waals surface area contributed by atoms with Crippen LogP contribution in [0.3, 0.4) is 0 Å². The molecule has 0 atom stereocenters. The van der Waals surface area contributed by atoms with Gasteiger partial charge in [-0.2, -0.15) is 0 Å². The summed E-state index contributed by atoms with van der Waals surface area (Å²) in [6, 6.07) is 4.95. The number of carbonyl (C=O) groups is 1. The van der Waals surface area contributed by atoms with Crippen molar-refractivity contribution in [3.63, 3.8) is 0 Å². The van der Waals surface area contributed by atoms with E-state index in [4.69, 9.17) is 13.6 Å². The van der Waals surface area contributed by atoms with E-state index < -0.39 is 11.6 Å². The van der Waals surface area contributed by atoms with Crippen molar-refractivity contribution < 1.29 is 18.4 Å². The van der Waals surface area contributed by atoms with Gasteiger partial charge < -0.3 is 13.6 Å². The fourth-order valence-electron chi connectivity index (χ4n) is 2.14. The van der Waals surface area contributed by atoms with Gasteiger partial charge in [-0.1, -0.05) is 0 Å². The number of esters is 1. The highest BCUT2D eigenvalue weighted by Gasteiger charge is 2.20. The van der Waals surface area contributed by atoms with Gasteiger partial charge in [-0.25, -0.2) is 4.79 Å². The van der Waals surface area contributed by atoms with Gasteiger partial charge in [0.15, 0.2) is 11.3 Å². The lowest BCUT2D eigenvalue weighted by molar-refractivity contribution is -0.131. The second kappa shape index (κ2) is 4.49. The molecule has 0 amide bonds. The third-order valence-corrected chi connectivity index (χ3v) is 3.45. The van der Waals surface area contributed by atoms with Crippen LogP contribution in [0.15, 0.2) is 36.5 Å². The highest BCUT2D eigenvalue weighted by molar-refractivity contribution is 9.10. The van der Waals surface area contributed by atoms with Crippen LogP contribution >= 0.6 is 15.9 Å². The Kier molecular flexibility index (Phi) is 2.90. The summed E-state index contributed by atoms with van der Waals surface area (Å²) in [7, 11) is 0. The van der Waals surface area contributed by atoms with Gasteiger partial charge in [0.2, 0.25) is 4.67 Å². The molecule has 0 aliphatic heterocycles. The van der Waals surface area contributed by atoms with Crippen LogP contribution in [0.1, 0.15) is 12.5 Å². The lowest BCUT2D eigenvalue weighted by Gasteiger charge is -2.03. The van der Waals surface area contributed by atoms with Crippen molar-refractivity contribution in [3.8, 4) is 5.75 Å². The van der Waals surface area contributed by atoms with E-state index in [1.54, 1.807) is 12.1 Å². The van der Waals surface area contributed by atoms with E-state index in [-0.39, 0.29) is 10.4 Å². The van der Waals surface area contributed by atoms with Gasteiger partial charge >= 0.3 is 11.6 Å². The molecule has 3 rings (SSSR count). The van der Waals surface area contributed by atoms with Crippen molar-refractivity contribution in [2.24, 2.45) is 0 Å². The minimum atomic E-state index is -0.486. The Morgan fingerprint density at radius 3 is 2.75 bits per heavy atom. The van der Waals surface area contributed by atoms with Crippen LogP contribution in [0.4, 0.5) is 0 Å². The number of carbonyl (C=O) groups excluding carboxylic acids is 1. The van der Waals surface area contributed by atoms with E-state index in [9.17, 15) is 9.59 Å². The predicted octanol–water partition coefficient (Wildman–Crippen LogP) is 3.54. The highest BCUT2D eigenvalue weighted by Crippen LogP contribution is 2.41. The zero-order valence-corrected chi connectivity index (χ0v) is 12.2. The molecule has 0 unspecified atom stereocenters. The maximum atomic E-state index is 11.6. The van der Waals surface area contributed by atoms with Gasteiger partial charge in [0, 0.05) is 18.4 Å². The van der Waals surface area contributed by atoms with Crippen molar-refractivity contribution >= 4 is 43.8 Å². The first-order chi connectivity index (χ1) is 9.47. The maximum Gasteiger partial charge on any atom is 0.336 e. The molecule has 5 nitrogen and oxygen atoms in total. The topological polar surface area (TPSA) is 69.7 Å². The Morgan fingerprint density at radius 2 is 2.05 bits per heavy atom. The first-order valence-electron chi connectivity index (χ1n) is 5.81. The average molecular weight is 337 g/mol. The van der Waals surface area contributed by atoms with Crippen molar-refractivity contribution in [2.45, 2.75) is 13.8 Å². The largest absolute Gasteiger partial charge is 0.445 e. The second-order valence-electron chi connectivity index (χ2n) is 4.36. The second-order valence-corrected chi connectivity index (χ2v) is 5.08. The molecule has 2 heterocycles. The highest BCUT2D eigenvalue weighted by atomic mass is 79.9. The Labute approximate surface area is 121 Å². The van der Waals surface area contributed by atoms with E-state index in [0.717, 1.165) is 10.9 Å². The number of benzene rings is 1. The minimum Gasteiger partial charge on any atom is -0.445 e. The zero-order chi connectivity index (χ0) is 14.4. The molecule has 0 N–H and O–H groups in total. The molecule has 2 aromatic heterocycles. The summed E-state index contributed by atoms with van der Waals surface area (Å²) < 4.78 is 16.2. The van der Waals surface area contributed by atoms with E-state index in [2.05, 4.69) is 15.9 Å². The van der Waals surface area contributed by atoms with Crippen molar-refractivity contribution in [2.75, 3.05) is 0 Å². The molecule has 0 radical (unpaired) electrons. The van der Waals surface area contributed by atoms with Gasteiger partial charge in [-0.15, -0.1) is 0 Å². The first kappa shape index (κ1) is 12.9. The summed E-state index contributed by atoms with van der Waals surface area (Å²) >= 11 is 3.20. The molecule has 20 heavy (non-hydrogen) atoms. The normalized spacial score (nSPS) is 11.2. The van der Waals surface area contributed by atoms with E-state index in [1.807, 2.05) is 6.92 Å². The van der Waals surface area contributed by atoms with Crippen LogP contribution in [0.25, 0.3) is 21.9 Å². The first-order valence-corrected chi connectivity index (χ1v) is 6.60. The molecule has 0 aliphatic carbocycles. The van der Waals surface area contributed by atoms with Crippen molar-refractivity contribution in [1.82, 2.24) is 0 Å². The third-order valence-electron chi connectivity index (χ3n) is 2.93. The smallest absolute Gasteiger partial charge is 0.336 e. The van der Waals surface area contributed by atoms with Crippen LogP contribution in [0, 0.1) is 6.92 Å². The lowest BCUT2D eigenvalue weighted by Crippen LogP contribution is -2.02. The molecule has 0 bridgehead atoms. The van der Waals surface area contributed by atoms with Gasteiger partial charge in [0.05, 0.1) is 0 Å². The molecule has 0 fully saturated rings. The van der Waals surface area contributed by atoms with Crippen LogP contribution in [0.5, 0.6) is 5.75 Å². The summed E-state index contributed by atoms with van der Waals surface area (Å²) in [5.41, 5.74) is 1.13. The number of hydrogen-bond donors (Lipinski definition) is 0. The standard InChI is InChI=1S/C14H9BrO5/c1-6-5-10(17)20-12-8(6)3-4-9-11(12)13(14(15)19-9)18-7(2)16/h3-5H,1-2H3. The fourth-order valence-corrected chi connectivity index (χ4v) is 2.60. The third kappa shape index (κ3) is 1.92. The molecule has 102 valence electrons. The Bertz CT molecular complexity index is 903. The van der Waals surface area contributed by atoms with Crippen LogP contribution in [0.2, 0.25) is 0 Å². The number of hydrogen-bond acceptors (Lipinski definition) is 5. The molecule has 0 spiro atoms. The zero-order valence-electron chi connectivity index (χ0n) is 10.7. The molecular weight excluding hydrogens is 328 g/mol. The van der Waals surface area contributed by atoms with E-state index in [1.165, 1.54) is 13.0 Å². The average Bonchev–Trinajstić information content (AvgIpc) is 2.65. The molecule has 6 heteroatoms. The SMILES string of the molecule is CC(=O)Oc1c(Br)oc2ccc3c(C)cc(=O)oc3c12. The summed E-state index contributed by atoms with van der Waals surface area (Å²) in [6.45, 7) is 3.10. The summed E-state index contributed by atoms with van der Waals surface area (Å²) in [6.07, 6.45) is 0. The molecule has 0 saturated heterocycles. The number of aryl methyl sites for hydroxylation is 1. The molecule has 0 saturated carbocycles. The Balaban J connectivity index is 2.51. The van der Waals surface area contributed by atoms with Gasteiger partial charge in [0.25, 0.3) is 0 Å². The molecular formula is C14H9BrO5. The van der Waals surface area contributed by atoms with Gasteiger partial charge in [-0.3, -0.25) is 4.79 Å². The Hall–Kier alpha value is -2.08. The van der Waals surface area contributed by atoms with Crippen molar-refractivity contribution in [3.05, 3.63) is 38.9 Å². The minimum absolute atomic E-state index is 0.215. The monoisotopic (exact) mass is 336 g/mol. The molecule has 1 aromatic carbocycles. The van der Waals surface area contributed by atoms with E-state index >= 15 is 0 Å². The quantitative estimate of drug-likeness (QED) is 0.502. The number of fused-ring (bicyclic) bond motifs is 3. The lowest BCUT2D eigenvalue weighted by atomic mass is 10.1. The molecule has 3 aromatic rings. The van der Waals surface area contributed by atoms with Gasteiger partial charge in [0.1, 0.15) is 11.0 Å². The number of halogens is 1. The van der Waals surface area contributed by atoms with Gasteiger partial charge in [-0.05, 0) is 40.5 Å². The predicted molar refractivity (Wildman–Crippen MR) is 76.0 cm³/mol. The Morgan fingerprint density at radius 1 is 1.30 bits per heavy atom. The maximum absolute atomic E-state index is 11.6.